The zero-order chi connectivity index (χ0) is 11.4. The summed E-state index contributed by atoms with van der Waals surface area (Å²) in [4.78, 5) is 10.9. The number of hydrogen-bond acceptors (Lipinski definition) is 3. The molecule has 0 atom stereocenters. The number of carbonyl (C=O) groups is 1. The van der Waals surface area contributed by atoms with E-state index in [2.05, 4.69) is 0 Å². The highest BCUT2D eigenvalue weighted by Crippen LogP contribution is 2.29. The van der Waals surface area contributed by atoms with Crippen LogP contribution < -0.4 is 4.74 Å². The molecule has 1 aromatic carbocycles. The molecule has 0 N–H and O–H groups in total. The minimum absolute atomic E-state index is 0.256. The van der Waals surface area contributed by atoms with Crippen molar-refractivity contribution in [3.63, 3.8) is 0 Å². The topological polar surface area (TPSA) is 50.1 Å². The molecule has 0 aliphatic heterocycles. The Bertz CT molecular complexity index is 416. The molecular weight excluding hydrogens is 190 g/mol. The lowest BCUT2D eigenvalue weighted by Crippen LogP contribution is -2.08. The van der Waals surface area contributed by atoms with Gasteiger partial charge in [-0.1, -0.05) is 32.0 Å². The molecule has 0 radical (unpaired) electrons. The highest BCUT2D eigenvalue weighted by atomic mass is 16.5. The number of ether oxygens (including phenoxy) is 1. The van der Waals surface area contributed by atoms with Gasteiger partial charge >= 0.3 is 5.97 Å². The maximum atomic E-state index is 10.9. The van der Waals surface area contributed by atoms with Crippen molar-refractivity contribution in [2.75, 3.05) is 0 Å². The van der Waals surface area contributed by atoms with Gasteiger partial charge in [0.1, 0.15) is 5.75 Å². The lowest BCUT2D eigenvalue weighted by Gasteiger charge is -2.13. The number of rotatable bonds is 2. The van der Waals surface area contributed by atoms with Gasteiger partial charge in [0.15, 0.2) is 6.07 Å². The van der Waals surface area contributed by atoms with E-state index >= 15 is 0 Å². The van der Waals surface area contributed by atoms with Gasteiger partial charge in [0.2, 0.25) is 0 Å². The van der Waals surface area contributed by atoms with Gasteiger partial charge < -0.3 is 4.74 Å². The smallest absolute Gasteiger partial charge is 0.415 e. The first-order valence-corrected chi connectivity index (χ1v) is 4.77. The van der Waals surface area contributed by atoms with Gasteiger partial charge in [-0.15, -0.1) is 0 Å². The summed E-state index contributed by atoms with van der Waals surface area (Å²) in [5.41, 5.74) is 1.81. The Morgan fingerprint density at radius 2 is 2.13 bits per heavy atom. The molecule has 0 unspecified atom stereocenters. The molecule has 0 amide bonds. The van der Waals surface area contributed by atoms with Gasteiger partial charge in [-0.25, -0.2) is 4.79 Å². The lowest BCUT2D eigenvalue weighted by molar-refractivity contribution is -0.128. The maximum Gasteiger partial charge on any atom is 0.416 e. The fourth-order valence-electron chi connectivity index (χ4n) is 1.38. The molecule has 0 spiro atoms. The van der Waals surface area contributed by atoms with Crippen LogP contribution in [-0.4, -0.2) is 5.97 Å². The molecule has 0 bridgehead atoms. The van der Waals surface area contributed by atoms with E-state index in [-0.39, 0.29) is 5.92 Å². The van der Waals surface area contributed by atoms with E-state index in [0.717, 1.165) is 11.1 Å². The number of esters is 1. The molecule has 0 aliphatic carbocycles. The van der Waals surface area contributed by atoms with Crippen LogP contribution in [0.4, 0.5) is 0 Å². The quantitative estimate of drug-likeness (QED) is 0.421. The molecule has 0 fully saturated rings. The van der Waals surface area contributed by atoms with E-state index in [9.17, 15) is 4.79 Å². The van der Waals surface area contributed by atoms with Gasteiger partial charge in [-0.2, -0.15) is 5.26 Å². The number of para-hydroxylation sites is 1. The van der Waals surface area contributed by atoms with Crippen LogP contribution in [-0.2, 0) is 4.79 Å². The second-order valence-corrected chi connectivity index (χ2v) is 3.65. The molecule has 0 heterocycles. The summed E-state index contributed by atoms with van der Waals surface area (Å²) in [5, 5.41) is 8.39. The van der Waals surface area contributed by atoms with E-state index in [0.29, 0.717) is 5.75 Å². The molecule has 3 heteroatoms. The predicted octanol–water partition coefficient (Wildman–Crippen LogP) is 2.55. The summed E-state index contributed by atoms with van der Waals surface area (Å²) in [6, 6.07) is 7.11. The van der Waals surface area contributed by atoms with Crippen LogP contribution in [0.1, 0.15) is 30.9 Å². The van der Waals surface area contributed by atoms with E-state index in [1.54, 1.807) is 0 Å². The predicted molar refractivity (Wildman–Crippen MR) is 56.5 cm³/mol. The van der Waals surface area contributed by atoms with E-state index < -0.39 is 5.97 Å². The summed E-state index contributed by atoms with van der Waals surface area (Å²) < 4.78 is 4.99. The third-order valence-electron chi connectivity index (χ3n) is 2.15. The van der Waals surface area contributed by atoms with Gasteiger partial charge in [0.25, 0.3) is 0 Å². The van der Waals surface area contributed by atoms with Crippen LogP contribution in [0.3, 0.4) is 0 Å². The van der Waals surface area contributed by atoms with Gasteiger partial charge in [-0.3, -0.25) is 0 Å². The van der Waals surface area contributed by atoms with Crippen molar-refractivity contribution in [1.29, 1.82) is 5.26 Å². The summed E-state index contributed by atoms with van der Waals surface area (Å²) in [6.45, 7) is 5.88. The van der Waals surface area contributed by atoms with Crippen LogP contribution in [0.2, 0.25) is 0 Å². The van der Waals surface area contributed by atoms with Crippen LogP contribution in [0.25, 0.3) is 0 Å². The highest BCUT2D eigenvalue weighted by Gasteiger charge is 2.13. The molecule has 1 rings (SSSR count). The molecule has 0 aromatic heterocycles. The van der Waals surface area contributed by atoms with Crippen molar-refractivity contribution in [3.05, 3.63) is 29.3 Å². The van der Waals surface area contributed by atoms with Crippen LogP contribution in [0.15, 0.2) is 18.2 Å². The highest BCUT2D eigenvalue weighted by molar-refractivity contribution is 5.88. The summed E-state index contributed by atoms with van der Waals surface area (Å²) >= 11 is 0. The Balaban J connectivity index is 3.14. The Labute approximate surface area is 89.3 Å². The number of benzene rings is 1. The maximum absolute atomic E-state index is 10.9. The minimum Gasteiger partial charge on any atom is -0.415 e. The molecule has 15 heavy (non-hydrogen) atoms. The minimum atomic E-state index is -0.869. The normalized spacial score (nSPS) is 9.80. The standard InChI is InChI=1S/C12H13NO2/c1-8(2)10-6-4-5-9(3)12(10)15-11(14)7-13/h4-6,8H,1-3H3. The van der Waals surface area contributed by atoms with Crippen molar-refractivity contribution in [2.24, 2.45) is 0 Å². The van der Waals surface area contributed by atoms with Crippen LogP contribution in [0, 0.1) is 18.3 Å². The molecule has 1 aromatic rings. The van der Waals surface area contributed by atoms with Crippen molar-refractivity contribution in [1.82, 2.24) is 0 Å². The Hall–Kier alpha value is -1.82. The molecule has 0 saturated carbocycles. The fourth-order valence-corrected chi connectivity index (χ4v) is 1.38. The van der Waals surface area contributed by atoms with Crippen LogP contribution >= 0.6 is 0 Å². The van der Waals surface area contributed by atoms with Crippen molar-refractivity contribution >= 4 is 5.97 Å². The first-order valence-electron chi connectivity index (χ1n) is 4.77. The summed E-state index contributed by atoms with van der Waals surface area (Å²) in [7, 11) is 0. The van der Waals surface area contributed by atoms with Crippen molar-refractivity contribution < 1.29 is 9.53 Å². The molecule has 78 valence electrons. The number of aryl methyl sites for hydroxylation is 1. The van der Waals surface area contributed by atoms with E-state index in [1.165, 1.54) is 6.07 Å². The second kappa shape index (κ2) is 4.61. The van der Waals surface area contributed by atoms with Gasteiger partial charge in [0.05, 0.1) is 0 Å². The average Bonchev–Trinajstić information content (AvgIpc) is 2.20. The molecular formula is C12H13NO2. The summed E-state index contributed by atoms with van der Waals surface area (Å²) in [6.07, 6.45) is 0. The Morgan fingerprint density at radius 3 is 2.67 bits per heavy atom. The van der Waals surface area contributed by atoms with E-state index in [4.69, 9.17) is 10.00 Å². The number of nitriles is 1. The monoisotopic (exact) mass is 203 g/mol. The average molecular weight is 203 g/mol. The molecule has 3 nitrogen and oxygen atoms in total. The second-order valence-electron chi connectivity index (χ2n) is 3.65. The van der Waals surface area contributed by atoms with E-state index in [1.807, 2.05) is 39.0 Å². The zero-order valence-electron chi connectivity index (χ0n) is 9.07. The molecule has 0 saturated heterocycles. The third kappa shape index (κ3) is 2.57. The lowest BCUT2D eigenvalue weighted by atomic mass is 10.00. The van der Waals surface area contributed by atoms with Gasteiger partial charge in [-0.05, 0) is 24.0 Å². The first-order chi connectivity index (χ1) is 7.06. The fraction of sp³-hybridized carbons (Fsp3) is 0.333. The first kappa shape index (κ1) is 11.3. The Kier molecular flexibility index (Phi) is 3.46. The SMILES string of the molecule is Cc1cccc(C(C)C)c1OC(=O)C#N. The van der Waals surface area contributed by atoms with Crippen molar-refractivity contribution in [2.45, 2.75) is 26.7 Å². The number of carbonyl (C=O) groups excluding carboxylic acids is 1. The largest absolute Gasteiger partial charge is 0.416 e. The van der Waals surface area contributed by atoms with Gasteiger partial charge in [0, 0.05) is 0 Å². The number of hydrogen-bond donors (Lipinski definition) is 0. The zero-order valence-corrected chi connectivity index (χ0v) is 9.07. The number of nitrogens with zero attached hydrogens (tertiary/aromatic N) is 1. The van der Waals surface area contributed by atoms with Crippen LogP contribution in [0.5, 0.6) is 5.75 Å². The third-order valence-corrected chi connectivity index (χ3v) is 2.15. The van der Waals surface area contributed by atoms with Crippen molar-refractivity contribution in [3.8, 4) is 11.8 Å². The molecule has 0 aliphatic rings. The summed E-state index contributed by atoms with van der Waals surface area (Å²) in [5.74, 6) is -0.100. The Morgan fingerprint density at radius 1 is 1.47 bits per heavy atom.